The minimum Gasteiger partial charge on any atom is -0.479 e. The molecule has 0 aliphatic heterocycles. The van der Waals surface area contributed by atoms with Gasteiger partial charge in [-0.2, -0.15) is 4.39 Å². The molecule has 0 aliphatic rings. The Morgan fingerprint density at radius 1 is 1.62 bits per heavy atom. The number of aliphatic hydroxyl groups is 1. The molecule has 0 radical (unpaired) electrons. The second-order valence-electron chi connectivity index (χ2n) is 2.45. The number of nitrogens with two attached hydrogens (primary N) is 1. The van der Waals surface area contributed by atoms with E-state index in [4.69, 9.17) is 15.9 Å². The topological polar surface area (TPSA) is 96.7 Å². The number of hydrogen-bond acceptors (Lipinski definition) is 4. The van der Waals surface area contributed by atoms with E-state index in [9.17, 15) is 9.18 Å². The highest BCUT2D eigenvalue weighted by atomic mass is 19.1. The Balaban J connectivity index is 2.78. The van der Waals surface area contributed by atoms with Crippen molar-refractivity contribution in [3.05, 3.63) is 23.9 Å². The molecule has 0 bridgehead atoms. The van der Waals surface area contributed by atoms with E-state index in [1.165, 1.54) is 6.07 Å². The first-order chi connectivity index (χ1) is 6.02. The maximum Gasteiger partial charge on any atom is 0.334 e. The minimum atomic E-state index is -1.80. The van der Waals surface area contributed by atoms with E-state index in [0.29, 0.717) is 0 Å². The Kier molecular flexibility index (Phi) is 2.64. The monoisotopic (exact) mass is 189 g/mol. The Bertz CT molecular complexity index is 311. The van der Waals surface area contributed by atoms with Crippen molar-refractivity contribution >= 4 is 5.97 Å². The third kappa shape index (κ3) is 2.04. The third-order valence-electron chi connectivity index (χ3n) is 1.52. The summed E-state index contributed by atoms with van der Waals surface area (Å²) in [5.74, 6) is -1.59. The fourth-order valence-corrected chi connectivity index (χ4v) is 0.817. The lowest BCUT2D eigenvalue weighted by Crippen LogP contribution is -2.32. The van der Waals surface area contributed by atoms with Crippen molar-refractivity contribution in [1.29, 1.82) is 0 Å². The van der Waals surface area contributed by atoms with Crippen LogP contribution in [0.15, 0.2) is 16.5 Å². The van der Waals surface area contributed by atoms with Crippen LogP contribution in [-0.2, 0) is 4.79 Å². The molecule has 4 N–H and O–H groups in total. The van der Waals surface area contributed by atoms with Crippen molar-refractivity contribution in [3.63, 3.8) is 0 Å². The van der Waals surface area contributed by atoms with Crippen molar-refractivity contribution in [3.8, 4) is 0 Å². The predicted octanol–water partition coefficient (Wildman–Crippen LogP) is -0.136. The van der Waals surface area contributed by atoms with Crippen LogP contribution in [0.4, 0.5) is 4.39 Å². The van der Waals surface area contributed by atoms with Crippen LogP contribution >= 0.6 is 0 Å². The van der Waals surface area contributed by atoms with Gasteiger partial charge < -0.3 is 20.4 Å². The lowest BCUT2D eigenvalue weighted by molar-refractivity contribution is -0.148. The molecule has 13 heavy (non-hydrogen) atoms. The van der Waals surface area contributed by atoms with Gasteiger partial charge in [0.2, 0.25) is 0 Å². The van der Waals surface area contributed by atoms with Crippen LogP contribution in [0.25, 0.3) is 0 Å². The highest BCUT2D eigenvalue weighted by Crippen LogP contribution is 2.16. The van der Waals surface area contributed by atoms with Gasteiger partial charge in [-0.3, -0.25) is 0 Å². The van der Waals surface area contributed by atoms with Gasteiger partial charge in [0.1, 0.15) is 11.8 Å². The van der Waals surface area contributed by atoms with Gasteiger partial charge in [-0.25, -0.2) is 4.79 Å². The van der Waals surface area contributed by atoms with E-state index >= 15 is 0 Å². The van der Waals surface area contributed by atoms with Crippen LogP contribution in [0, 0.1) is 6.01 Å². The van der Waals surface area contributed by atoms with Gasteiger partial charge in [-0.1, -0.05) is 0 Å². The molecule has 0 saturated carbocycles. The van der Waals surface area contributed by atoms with Crippen LogP contribution in [0.5, 0.6) is 0 Å². The summed E-state index contributed by atoms with van der Waals surface area (Å²) in [7, 11) is 0. The number of rotatable bonds is 3. The van der Waals surface area contributed by atoms with E-state index in [0.717, 1.165) is 6.07 Å². The van der Waals surface area contributed by atoms with Crippen molar-refractivity contribution < 1.29 is 23.8 Å². The van der Waals surface area contributed by atoms with Crippen molar-refractivity contribution in [2.75, 3.05) is 0 Å². The first kappa shape index (κ1) is 9.69. The zero-order valence-electron chi connectivity index (χ0n) is 6.48. The summed E-state index contributed by atoms with van der Waals surface area (Å²) in [4.78, 5) is 10.3. The number of carbonyl (C=O) groups is 1. The number of aliphatic carboxylic acids is 1. The van der Waals surface area contributed by atoms with E-state index in [1.54, 1.807) is 0 Å². The van der Waals surface area contributed by atoms with Crippen molar-refractivity contribution in [2.24, 2.45) is 5.73 Å². The predicted molar refractivity (Wildman–Crippen MR) is 39.2 cm³/mol. The molecule has 6 heteroatoms. The molecular formula is C7H8FNO4. The summed E-state index contributed by atoms with van der Waals surface area (Å²) < 4.78 is 16.7. The Morgan fingerprint density at radius 3 is 2.62 bits per heavy atom. The Hall–Kier alpha value is -1.40. The summed E-state index contributed by atoms with van der Waals surface area (Å²) in [5, 5.41) is 17.3. The molecule has 0 spiro atoms. The van der Waals surface area contributed by atoms with Gasteiger partial charge in [-0.15, -0.1) is 0 Å². The number of aliphatic hydroxyl groups excluding tert-OH is 1. The minimum absolute atomic E-state index is 0.104. The third-order valence-corrected chi connectivity index (χ3v) is 1.52. The summed E-state index contributed by atoms with van der Waals surface area (Å²) in [6, 6.07) is 0.0284. The molecule has 72 valence electrons. The number of carboxylic acids is 1. The Labute approximate surface area is 72.6 Å². The molecule has 0 saturated heterocycles. The summed E-state index contributed by atoms with van der Waals surface area (Å²) in [5.41, 5.74) is 5.26. The van der Waals surface area contributed by atoms with Gasteiger partial charge in [0, 0.05) is 6.07 Å². The van der Waals surface area contributed by atoms with Crippen LogP contribution in [0.3, 0.4) is 0 Å². The average molecular weight is 189 g/mol. The molecule has 1 heterocycles. The number of halogens is 1. The van der Waals surface area contributed by atoms with Crippen LogP contribution in [0.1, 0.15) is 11.8 Å². The van der Waals surface area contributed by atoms with E-state index in [-0.39, 0.29) is 5.76 Å². The van der Waals surface area contributed by atoms with E-state index in [2.05, 4.69) is 4.42 Å². The molecule has 2 atom stereocenters. The Morgan fingerprint density at radius 2 is 2.23 bits per heavy atom. The summed E-state index contributed by atoms with van der Waals surface area (Å²) >= 11 is 0. The second kappa shape index (κ2) is 3.55. The highest BCUT2D eigenvalue weighted by Gasteiger charge is 2.26. The zero-order valence-corrected chi connectivity index (χ0v) is 6.48. The van der Waals surface area contributed by atoms with Crippen LogP contribution < -0.4 is 5.73 Å². The quantitative estimate of drug-likeness (QED) is 0.615. The summed E-state index contributed by atoms with van der Waals surface area (Å²) in [6.45, 7) is 0. The summed E-state index contributed by atoms with van der Waals surface area (Å²) in [6.07, 6.45) is -1.80. The SMILES string of the molecule is N[C@H](c1ccc(F)o1)[C@H](O)C(=O)O. The van der Waals surface area contributed by atoms with E-state index in [1.807, 2.05) is 0 Å². The second-order valence-corrected chi connectivity index (χ2v) is 2.45. The molecule has 0 fully saturated rings. The van der Waals surface area contributed by atoms with Gasteiger partial charge in [-0.05, 0) is 6.07 Å². The maximum absolute atomic E-state index is 12.3. The molecule has 0 amide bonds. The zero-order chi connectivity index (χ0) is 10.0. The maximum atomic E-state index is 12.3. The van der Waals surface area contributed by atoms with Crippen molar-refractivity contribution in [1.82, 2.24) is 0 Å². The van der Waals surface area contributed by atoms with Crippen LogP contribution in [-0.4, -0.2) is 22.3 Å². The normalized spacial score (nSPS) is 15.3. The lowest BCUT2D eigenvalue weighted by atomic mass is 10.1. The van der Waals surface area contributed by atoms with Gasteiger partial charge in [0.05, 0.1) is 0 Å². The molecule has 0 unspecified atom stereocenters. The largest absolute Gasteiger partial charge is 0.479 e. The number of hydrogen-bond donors (Lipinski definition) is 3. The van der Waals surface area contributed by atoms with Gasteiger partial charge in [0.15, 0.2) is 6.10 Å². The molecular weight excluding hydrogens is 181 g/mol. The number of carboxylic acid groups (broad SMARTS) is 1. The molecule has 0 aliphatic carbocycles. The molecule has 0 aromatic carbocycles. The standard InChI is InChI=1S/C7H8FNO4/c8-4-2-1-3(13-4)5(9)6(10)7(11)12/h1-2,5-6,10H,9H2,(H,11,12)/t5-,6+/m1/s1. The number of furan rings is 1. The highest BCUT2D eigenvalue weighted by molar-refractivity contribution is 5.73. The first-order valence-electron chi connectivity index (χ1n) is 3.44. The average Bonchev–Trinajstić information content (AvgIpc) is 2.49. The fraction of sp³-hybridized carbons (Fsp3) is 0.286. The first-order valence-corrected chi connectivity index (χ1v) is 3.44. The lowest BCUT2D eigenvalue weighted by Gasteiger charge is -2.11. The fourth-order valence-electron chi connectivity index (χ4n) is 0.817. The van der Waals surface area contributed by atoms with Gasteiger partial charge >= 0.3 is 5.97 Å². The smallest absolute Gasteiger partial charge is 0.334 e. The van der Waals surface area contributed by atoms with Gasteiger partial charge in [0.25, 0.3) is 6.01 Å². The molecule has 5 nitrogen and oxygen atoms in total. The molecule has 1 aromatic heterocycles. The van der Waals surface area contributed by atoms with Crippen molar-refractivity contribution in [2.45, 2.75) is 12.1 Å². The van der Waals surface area contributed by atoms with E-state index < -0.39 is 24.1 Å². The van der Waals surface area contributed by atoms with Crippen LogP contribution in [0.2, 0.25) is 0 Å². The molecule has 1 rings (SSSR count). The molecule has 1 aromatic rings.